The molecular weight excluding hydrogens is 287 g/mol. The third-order valence-corrected chi connectivity index (χ3v) is 3.35. The van der Waals surface area contributed by atoms with E-state index in [9.17, 15) is 9.50 Å². The Hall–Kier alpha value is -0.610. The Morgan fingerprint density at radius 1 is 1.53 bits per heavy atom. The number of hydrogen-bond donors (Lipinski definition) is 1. The van der Waals surface area contributed by atoms with Crippen LogP contribution < -0.4 is 4.74 Å². The summed E-state index contributed by atoms with van der Waals surface area (Å²) < 4.78 is 19.6. The van der Waals surface area contributed by atoms with Crippen molar-refractivity contribution in [3.63, 3.8) is 0 Å². The first-order chi connectivity index (χ1) is 8.06. The van der Waals surface area contributed by atoms with Crippen molar-refractivity contribution < 1.29 is 14.2 Å². The zero-order valence-electron chi connectivity index (χ0n) is 9.75. The number of aliphatic hydroxyl groups is 1. The lowest BCUT2D eigenvalue weighted by molar-refractivity contribution is 0.192. The largest absolute Gasteiger partial charge is 0.492 e. The van der Waals surface area contributed by atoms with Crippen LogP contribution in [0.4, 0.5) is 4.39 Å². The van der Waals surface area contributed by atoms with Crippen LogP contribution in [0, 0.1) is 11.7 Å². The summed E-state index contributed by atoms with van der Waals surface area (Å²) in [4.78, 5) is 0. The molecule has 1 saturated carbocycles. The monoisotopic (exact) mass is 302 g/mol. The molecule has 1 aliphatic rings. The summed E-state index contributed by atoms with van der Waals surface area (Å²) in [7, 11) is 0. The SMILES string of the molecule is CC(O)Cc1cc(F)cc(Br)c1OCC1CC1. The van der Waals surface area contributed by atoms with E-state index in [0.29, 0.717) is 34.7 Å². The highest BCUT2D eigenvalue weighted by molar-refractivity contribution is 9.10. The van der Waals surface area contributed by atoms with Gasteiger partial charge in [0.25, 0.3) is 0 Å². The first-order valence-electron chi connectivity index (χ1n) is 5.85. The molecule has 0 aliphatic heterocycles. The number of ether oxygens (including phenoxy) is 1. The van der Waals surface area contributed by atoms with Gasteiger partial charge in [0.2, 0.25) is 0 Å². The summed E-state index contributed by atoms with van der Waals surface area (Å²) in [6.45, 7) is 2.36. The molecular formula is C13H16BrFO2. The second-order valence-corrected chi connectivity index (χ2v) is 5.54. The van der Waals surface area contributed by atoms with Crippen LogP contribution in [0.3, 0.4) is 0 Å². The molecule has 1 unspecified atom stereocenters. The number of aliphatic hydroxyl groups excluding tert-OH is 1. The Kier molecular flexibility index (Phi) is 4.05. The lowest BCUT2D eigenvalue weighted by atomic mass is 10.1. The molecule has 0 amide bonds. The molecule has 0 saturated heterocycles. The van der Waals surface area contributed by atoms with Gasteiger partial charge < -0.3 is 9.84 Å². The van der Waals surface area contributed by atoms with E-state index < -0.39 is 6.10 Å². The van der Waals surface area contributed by atoms with Crippen molar-refractivity contribution >= 4 is 15.9 Å². The molecule has 0 bridgehead atoms. The predicted octanol–water partition coefficient (Wildman–Crippen LogP) is 3.30. The second-order valence-electron chi connectivity index (χ2n) is 4.68. The lowest BCUT2D eigenvalue weighted by Crippen LogP contribution is -2.09. The van der Waals surface area contributed by atoms with Gasteiger partial charge in [-0.1, -0.05) is 0 Å². The van der Waals surface area contributed by atoms with Crippen LogP contribution in [-0.2, 0) is 6.42 Å². The molecule has 1 aromatic carbocycles. The highest BCUT2D eigenvalue weighted by atomic mass is 79.9. The Morgan fingerprint density at radius 3 is 2.82 bits per heavy atom. The topological polar surface area (TPSA) is 29.5 Å². The molecule has 1 N–H and O–H groups in total. The molecule has 1 atom stereocenters. The van der Waals surface area contributed by atoms with E-state index in [0.717, 1.165) is 0 Å². The molecule has 1 fully saturated rings. The minimum atomic E-state index is -0.507. The number of hydrogen-bond acceptors (Lipinski definition) is 2. The molecule has 0 radical (unpaired) electrons. The van der Waals surface area contributed by atoms with Crippen molar-refractivity contribution in [3.05, 3.63) is 28.0 Å². The predicted molar refractivity (Wildman–Crippen MR) is 67.7 cm³/mol. The van der Waals surface area contributed by atoms with E-state index in [4.69, 9.17) is 4.74 Å². The van der Waals surface area contributed by atoms with Crippen LogP contribution in [0.15, 0.2) is 16.6 Å². The maximum Gasteiger partial charge on any atom is 0.136 e. The summed E-state index contributed by atoms with van der Waals surface area (Å²) in [6.07, 6.45) is 2.32. The van der Waals surface area contributed by atoms with Gasteiger partial charge in [0.05, 0.1) is 17.2 Å². The molecule has 4 heteroatoms. The quantitative estimate of drug-likeness (QED) is 0.904. The zero-order chi connectivity index (χ0) is 12.4. The fraction of sp³-hybridized carbons (Fsp3) is 0.538. The van der Waals surface area contributed by atoms with Crippen LogP contribution in [0.5, 0.6) is 5.75 Å². The van der Waals surface area contributed by atoms with Crippen molar-refractivity contribution in [2.45, 2.75) is 32.3 Å². The van der Waals surface area contributed by atoms with Crippen LogP contribution in [0.25, 0.3) is 0 Å². The van der Waals surface area contributed by atoms with E-state index >= 15 is 0 Å². The molecule has 0 aromatic heterocycles. The zero-order valence-corrected chi connectivity index (χ0v) is 11.3. The Balaban J connectivity index is 2.18. The summed E-state index contributed by atoms with van der Waals surface area (Å²) in [5.74, 6) is 0.997. The third-order valence-electron chi connectivity index (χ3n) is 2.76. The van der Waals surface area contributed by atoms with Crippen molar-refractivity contribution in [1.82, 2.24) is 0 Å². The smallest absolute Gasteiger partial charge is 0.136 e. The Morgan fingerprint density at radius 2 is 2.24 bits per heavy atom. The molecule has 2 rings (SSSR count). The summed E-state index contributed by atoms with van der Waals surface area (Å²) in [5.41, 5.74) is 0.715. The van der Waals surface area contributed by atoms with E-state index in [1.165, 1.54) is 25.0 Å². The van der Waals surface area contributed by atoms with Crippen LogP contribution >= 0.6 is 15.9 Å². The van der Waals surface area contributed by atoms with Gasteiger partial charge in [-0.15, -0.1) is 0 Å². The maximum atomic E-state index is 13.3. The van der Waals surface area contributed by atoms with Gasteiger partial charge in [0.1, 0.15) is 11.6 Å². The molecule has 94 valence electrons. The van der Waals surface area contributed by atoms with Gasteiger partial charge >= 0.3 is 0 Å². The fourth-order valence-corrected chi connectivity index (χ4v) is 2.32. The molecule has 17 heavy (non-hydrogen) atoms. The van der Waals surface area contributed by atoms with E-state index in [-0.39, 0.29) is 5.82 Å². The van der Waals surface area contributed by atoms with E-state index in [1.807, 2.05) is 0 Å². The minimum absolute atomic E-state index is 0.314. The molecule has 0 heterocycles. The van der Waals surface area contributed by atoms with Crippen LogP contribution in [-0.4, -0.2) is 17.8 Å². The molecule has 1 aliphatic carbocycles. The highest BCUT2D eigenvalue weighted by Crippen LogP contribution is 2.35. The van der Waals surface area contributed by atoms with Crippen molar-refractivity contribution in [1.29, 1.82) is 0 Å². The maximum absolute atomic E-state index is 13.3. The first kappa shape index (κ1) is 12.8. The van der Waals surface area contributed by atoms with Gasteiger partial charge in [-0.3, -0.25) is 0 Å². The second kappa shape index (κ2) is 5.36. The summed E-state index contributed by atoms with van der Waals surface area (Å²) in [6, 6.07) is 2.83. The molecule has 0 spiro atoms. The average Bonchev–Trinajstić information content (AvgIpc) is 2.98. The van der Waals surface area contributed by atoms with E-state index in [1.54, 1.807) is 6.92 Å². The number of halogens is 2. The average molecular weight is 303 g/mol. The van der Waals surface area contributed by atoms with E-state index in [2.05, 4.69) is 15.9 Å². The Labute approximate surface area is 109 Å². The lowest BCUT2D eigenvalue weighted by Gasteiger charge is -2.14. The highest BCUT2D eigenvalue weighted by Gasteiger charge is 2.23. The summed E-state index contributed by atoms with van der Waals surface area (Å²) >= 11 is 3.31. The van der Waals surface area contributed by atoms with Crippen molar-refractivity contribution in [2.75, 3.05) is 6.61 Å². The minimum Gasteiger partial charge on any atom is -0.492 e. The Bertz CT molecular complexity index is 403. The standard InChI is InChI=1S/C13H16BrFO2/c1-8(16)4-10-5-11(15)6-12(14)13(10)17-7-9-2-3-9/h5-6,8-9,16H,2-4,7H2,1H3. The van der Waals surface area contributed by atoms with Crippen molar-refractivity contribution in [2.24, 2.45) is 5.92 Å². The number of benzene rings is 1. The van der Waals surface area contributed by atoms with Crippen LogP contribution in [0.1, 0.15) is 25.3 Å². The number of rotatable bonds is 5. The van der Waals surface area contributed by atoms with Crippen molar-refractivity contribution in [3.8, 4) is 5.75 Å². The third kappa shape index (κ3) is 3.68. The van der Waals surface area contributed by atoms with Gasteiger partial charge in [-0.25, -0.2) is 4.39 Å². The van der Waals surface area contributed by atoms with Gasteiger partial charge in [0, 0.05) is 12.0 Å². The van der Waals surface area contributed by atoms with Gasteiger partial charge in [0.15, 0.2) is 0 Å². The molecule has 1 aromatic rings. The van der Waals surface area contributed by atoms with Gasteiger partial charge in [-0.05, 0) is 53.7 Å². The summed E-state index contributed by atoms with van der Waals surface area (Å²) in [5, 5.41) is 9.41. The fourth-order valence-electron chi connectivity index (χ4n) is 1.73. The first-order valence-corrected chi connectivity index (χ1v) is 6.64. The van der Waals surface area contributed by atoms with Gasteiger partial charge in [-0.2, -0.15) is 0 Å². The normalized spacial score (nSPS) is 16.9. The molecule has 2 nitrogen and oxygen atoms in total. The van der Waals surface area contributed by atoms with Crippen LogP contribution in [0.2, 0.25) is 0 Å².